The molecule has 0 bridgehead atoms. The Morgan fingerprint density at radius 1 is 1.22 bits per heavy atom. The van der Waals surface area contributed by atoms with Crippen LogP contribution in [0.2, 0.25) is 0 Å². The number of aromatic nitrogens is 1. The topological polar surface area (TPSA) is 66.8 Å². The van der Waals surface area contributed by atoms with Crippen LogP contribution in [-0.2, 0) is 11.8 Å². The van der Waals surface area contributed by atoms with Gasteiger partial charge in [-0.2, -0.15) is 0 Å². The third-order valence-corrected chi connectivity index (χ3v) is 6.82. The molecule has 1 aromatic carbocycles. The molecule has 0 unspecified atom stereocenters. The summed E-state index contributed by atoms with van der Waals surface area (Å²) < 4.78 is 7.31. The highest BCUT2D eigenvalue weighted by Crippen LogP contribution is 2.37. The first-order chi connectivity index (χ1) is 15.4. The lowest BCUT2D eigenvalue weighted by atomic mass is 9.92. The normalized spacial score (nSPS) is 22.0. The van der Waals surface area contributed by atoms with Gasteiger partial charge in [-0.1, -0.05) is 13.8 Å². The van der Waals surface area contributed by atoms with E-state index in [1.165, 1.54) is 6.42 Å². The molecule has 4 rings (SSSR count). The molecule has 174 valence electrons. The molecule has 3 heterocycles. The third-order valence-electron chi connectivity index (χ3n) is 6.82. The van der Waals surface area contributed by atoms with Gasteiger partial charge in [-0.25, -0.2) is 0 Å². The lowest BCUT2D eigenvalue weighted by Crippen LogP contribution is -2.40. The average Bonchev–Trinajstić information content (AvgIpc) is 3.30. The standard InChI is InChI=1S/C25H36N4O3/c1-17-13-18(2)16-28(15-17)11-6-10-26-25(31)24-23(29-12-5-7-22(29)30)20-14-19(32-4)8-9-21(20)27(24)3/h8-9,14,17-18H,5-7,10-13,15-16H2,1-4H3,(H,26,31)/t17-,18-/m0/s1. The predicted molar refractivity (Wildman–Crippen MR) is 127 cm³/mol. The van der Waals surface area contributed by atoms with Gasteiger partial charge in [0.25, 0.3) is 5.91 Å². The summed E-state index contributed by atoms with van der Waals surface area (Å²) in [7, 11) is 3.52. The summed E-state index contributed by atoms with van der Waals surface area (Å²) in [5.74, 6) is 2.14. The fourth-order valence-electron chi connectivity index (χ4n) is 5.51. The maximum absolute atomic E-state index is 13.3. The third kappa shape index (κ3) is 4.49. The van der Waals surface area contributed by atoms with Crippen LogP contribution in [0.25, 0.3) is 10.9 Å². The monoisotopic (exact) mass is 440 g/mol. The molecule has 2 amide bonds. The number of methoxy groups -OCH3 is 1. The Kier molecular flexibility index (Phi) is 6.74. The van der Waals surface area contributed by atoms with Crippen LogP contribution in [0.15, 0.2) is 18.2 Å². The van der Waals surface area contributed by atoms with Crippen molar-refractivity contribution in [2.45, 2.75) is 39.5 Å². The Balaban J connectivity index is 1.51. The number of hydrogen-bond donors (Lipinski definition) is 1. The molecular weight excluding hydrogens is 404 g/mol. The van der Waals surface area contributed by atoms with E-state index in [2.05, 4.69) is 24.1 Å². The molecule has 7 heteroatoms. The van der Waals surface area contributed by atoms with Gasteiger partial charge in [-0.15, -0.1) is 0 Å². The van der Waals surface area contributed by atoms with Crippen molar-refractivity contribution in [1.29, 1.82) is 0 Å². The number of anilines is 1. The molecule has 2 fully saturated rings. The fourth-order valence-corrected chi connectivity index (χ4v) is 5.51. The zero-order valence-electron chi connectivity index (χ0n) is 19.8. The highest BCUT2D eigenvalue weighted by molar-refractivity contribution is 6.14. The molecule has 2 atom stereocenters. The summed E-state index contributed by atoms with van der Waals surface area (Å²) in [5, 5.41) is 3.99. The largest absolute Gasteiger partial charge is 0.497 e. The highest BCUT2D eigenvalue weighted by atomic mass is 16.5. The molecule has 0 spiro atoms. The second-order valence-corrected chi connectivity index (χ2v) is 9.60. The van der Waals surface area contributed by atoms with Crippen LogP contribution in [0.1, 0.15) is 50.0 Å². The number of benzene rings is 1. The summed E-state index contributed by atoms with van der Waals surface area (Å²) in [6, 6.07) is 5.76. The summed E-state index contributed by atoms with van der Waals surface area (Å²) >= 11 is 0. The minimum absolute atomic E-state index is 0.0720. The SMILES string of the molecule is COc1ccc2c(c1)c(N1CCCC1=O)c(C(=O)NCCCN1C[C@@H](C)C[C@H](C)C1)n2C. The molecular formula is C25H36N4O3. The number of aryl methyl sites for hydroxylation is 1. The van der Waals surface area contributed by atoms with Crippen LogP contribution in [0.3, 0.4) is 0 Å². The van der Waals surface area contributed by atoms with Crippen LogP contribution in [0.5, 0.6) is 5.75 Å². The van der Waals surface area contributed by atoms with Crippen molar-refractivity contribution >= 4 is 28.4 Å². The van der Waals surface area contributed by atoms with Crippen LogP contribution in [0.4, 0.5) is 5.69 Å². The lowest BCUT2D eigenvalue weighted by Gasteiger charge is -2.34. The Morgan fingerprint density at radius 2 is 1.97 bits per heavy atom. The number of piperidine rings is 1. The van der Waals surface area contributed by atoms with Gasteiger partial charge < -0.3 is 24.4 Å². The van der Waals surface area contributed by atoms with Gasteiger partial charge in [0.15, 0.2) is 0 Å². The average molecular weight is 441 g/mol. The van der Waals surface area contributed by atoms with E-state index in [9.17, 15) is 9.59 Å². The Bertz CT molecular complexity index is 989. The van der Waals surface area contributed by atoms with E-state index in [1.54, 1.807) is 12.0 Å². The van der Waals surface area contributed by atoms with E-state index in [-0.39, 0.29) is 11.8 Å². The first kappa shape index (κ1) is 22.6. The van der Waals surface area contributed by atoms with Gasteiger partial charge in [0.05, 0.1) is 18.3 Å². The number of fused-ring (bicyclic) bond motifs is 1. The first-order valence-electron chi connectivity index (χ1n) is 11.9. The van der Waals surface area contributed by atoms with Crippen molar-refractivity contribution in [3.05, 3.63) is 23.9 Å². The molecule has 32 heavy (non-hydrogen) atoms. The van der Waals surface area contributed by atoms with E-state index in [4.69, 9.17) is 4.74 Å². The van der Waals surface area contributed by atoms with E-state index in [1.807, 2.05) is 29.8 Å². The minimum atomic E-state index is -0.127. The van der Waals surface area contributed by atoms with E-state index in [0.29, 0.717) is 36.6 Å². The maximum atomic E-state index is 13.3. The Morgan fingerprint density at radius 3 is 2.62 bits per heavy atom. The quantitative estimate of drug-likeness (QED) is 0.670. The van der Waals surface area contributed by atoms with Crippen molar-refractivity contribution in [2.24, 2.45) is 18.9 Å². The van der Waals surface area contributed by atoms with Gasteiger partial charge in [0.2, 0.25) is 5.91 Å². The molecule has 0 saturated carbocycles. The smallest absolute Gasteiger partial charge is 0.270 e. The van der Waals surface area contributed by atoms with Gasteiger partial charge >= 0.3 is 0 Å². The molecule has 2 saturated heterocycles. The van der Waals surface area contributed by atoms with Gasteiger partial charge in [-0.05, 0) is 55.8 Å². The van der Waals surface area contributed by atoms with Crippen molar-refractivity contribution in [3.8, 4) is 5.75 Å². The Hall–Kier alpha value is -2.54. The summed E-state index contributed by atoms with van der Waals surface area (Å²) in [5.41, 5.74) is 2.17. The van der Waals surface area contributed by atoms with Crippen molar-refractivity contribution < 1.29 is 14.3 Å². The van der Waals surface area contributed by atoms with Crippen LogP contribution in [-0.4, -0.2) is 61.1 Å². The van der Waals surface area contributed by atoms with Crippen molar-refractivity contribution in [2.75, 3.05) is 44.7 Å². The number of carbonyl (C=O) groups is 2. The van der Waals surface area contributed by atoms with Crippen molar-refractivity contribution in [1.82, 2.24) is 14.8 Å². The molecule has 0 radical (unpaired) electrons. The first-order valence-corrected chi connectivity index (χ1v) is 11.9. The number of amides is 2. The molecule has 1 aromatic heterocycles. The number of ether oxygens (including phenoxy) is 1. The zero-order valence-corrected chi connectivity index (χ0v) is 19.8. The molecule has 2 aliphatic heterocycles. The number of carbonyl (C=O) groups excluding carboxylic acids is 2. The highest BCUT2D eigenvalue weighted by Gasteiger charge is 2.31. The molecule has 1 N–H and O–H groups in total. The van der Waals surface area contributed by atoms with E-state index >= 15 is 0 Å². The van der Waals surface area contributed by atoms with Crippen molar-refractivity contribution in [3.63, 3.8) is 0 Å². The van der Waals surface area contributed by atoms with E-state index in [0.717, 1.165) is 55.2 Å². The molecule has 0 aliphatic carbocycles. The zero-order chi connectivity index (χ0) is 22.8. The maximum Gasteiger partial charge on any atom is 0.270 e. The number of likely N-dealkylation sites (tertiary alicyclic amines) is 1. The predicted octanol–water partition coefficient (Wildman–Crippen LogP) is 3.41. The number of hydrogen-bond acceptors (Lipinski definition) is 4. The second-order valence-electron chi connectivity index (χ2n) is 9.60. The second kappa shape index (κ2) is 9.53. The molecule has 2 aliphatic rings. The lowest BCUT2D eigenvalue weighted by molar-refractivity contribution is -0.117. The van der Waals surface area contributed by atoms with Crippen LogP contribution >= 0.6 is 0 Å². The summed E-state index contributed by atoms with van der Waals surface area (Å²) in [4.78, 5) is 30.2. The van der Waals surface area contributed by atoms with Crippen LogP contribution in [0, 0.1) is 11.8 Å². The number of nitrogens with zero attached hydrogens (tertiary/aromatic N) is 3. The van der Waals surface area contributed by atoms with E-state index < -0.39 is 0 Å². The number of rotatable bonds is 7. The molecule has 7 nitrogen and oxygen atoms in total. The van der Waals surface area contributed by atoms with Gasteiger partial charge in [0.1, 0.15) is 11.4 Å². The fraction of sp³-hybridized carbons (Fsp3) is 0.600. The Labute approximate surface area is 190 Å². The summed E-state index contributed by atoms with van der Waals surface area (Å²) in [6.45, 7) is 9.19. The van der Waals surface area contributed by atoms with Gasteiger partial charge in [-0.3, -0.25) is 9.59 Å². The molecule has 2 aromatic rings. The minimum Gasteiger partial charge on any atom is -0.497 e. The summed E-state index contributed by atoms with van der Waals surface area (Å²) in [6.07, 6.45) is 3.55. The number of nitrogens with one attached hydrogen (secondary N) is 1. The van der Waals surface area contributed by atoms with Crippen LogP contribution < -0.4 is 15.0 Å². The van der Waals surface area contributed by atoms with Gasteiger partial charge in [0, 0.05) is 45.0 Å².